The van der Waals surface area contributed by atoms with E-state index in [1.54, 1.807) is 4.90 Å². The Morgan fingerprint density at radius 2 is 2.17 bits per heavy atom. The molecule has 1 aliphatic heterocycles. The van der Waals surface area contributed by atoms with Gasteiger partial charge in [-0.25, -0.2) is 4.98 Å². The van der Waals surface area contributed by atoms with E-state index in [-0.39, 0.29) is 16.9 Å². The van der Waals surface area contributed by atoms with Crippen LogP contribution in [0.5, 0.6) is 0 Å². The van der Waals surface area contributed by atoms with Gasteiger partial charge in [0.25, 0.3) is 0 Å². The summed E-state index contributed by atoms with van der Waals surface area (Å²) in [6.45, 7) is 2.20. The lowest BCUT2D eigenvalue weighted by Gasteiger charge is -2.23. The van der Waals surface area contributed by atoms with Crippen molar-refractivity contribution in [2.45, 2.75) is 31.7 Å². The van der Waals surface area contributed by atoms with Crippen molar-refractivity contribution in [3.63, 3.8) is 0 Å². The van der Waals surface area contributed by atoms with Gasteiger partial charge in [0.05, 0.1) is 16.7 Å². The third-order valence-corrected chi connectivity index (χ3v) is 3.25. The molecule has 3 nitrogen and oxygen atoms in total. The van der Waals surface area contributed by atoms with Crippen LogP contribution in [0.1, 0.15) is 18.9 Å². The molecule has 0 aromatic carbocycles. The molecule has 1 saturated heterocycles. The Bertz CT molecular complexity index is 452. The van der Waals surface area contributed by atoms with Gasteiger partial charge < -0.3 is 10.0 Å². The summed E-state index contributed by atoms with van der Waals surface area (Å²) in [5, 5.41) is 9.46. The minimum atomic E-state index is -4.45. The smallest absolute Gasteiger partial charge is 0.391 e. The van der Waals surface area contributed by atoms with Crippen molar-refractivity contribution >= 4 is 17.4 Å². The number of aliphatic hydroxyl groups excluding tert-OH is 1. The minimum Gasteiger partial charge on any atom is -0.391 e. The van der Waals surface area contributed by atoms with Crippen LogP contribution in [0.4, 0.5) is 19.0 Å². The Hall–Kier alpha value is -1.01. The van der Waals surface area contributed by atoms with Gasteiger partial charge in [-0.3, -0.25) is 0 Å². The van der Waals surface area contributed by atoms with Gasteiger partial charge in [-0.15, -0.1) is 0 Å². The maximum atomic E-state index is 12.5. The average molecular weight is 281 g/mol. The van der Waals surface area contributed by atoms with Crippen LogP contribution in [0.3, 0.4) is 0 Å². The quantitative estimate of drug-likeness (QED) is 0.859. The first-order valence-electron chi connectivity index (χ1n) is 5.46. The SMILES string of the molecule is CC1C[C@H](O)CN1c1ncc(C(F)(F)F)cc1Cl. The third kappa shape index (κ3) is 2.54. The zero-order chi connectivity index (χ0) is 13.5. The second-order valence-corrected chi connectivity index (χ2v) is 4.83. The first-order chi connectivity index (χ1) is 8.29. The van der Waals surface area contributed by atoms with Crippen LogP contribution in [0, 0.1) is 0 Å². The maximum absolute atomic E-state index is 12.5. The third-order valence-electron chi connectivity index (χ3n) is 2.97. The Labute approximate surface area is 107 Å². The second-order valence-electron chi connectivity index (χ2n) is 4.42. The first-order valence-corrected chi connectivity index (χ1v) is 5.84. The number of hydrogen-bond acceptors (Lipinski definition) is 3. The van der Waals surface area contributed by atoms with Gasteiger partial charge in [-0.1, -0.05) is 11.6 Å². The van der Waals surface area contributed by atoms with Gasteiger partial charge in [-0.05, 0) is 19.4 Å². The van der Waals surface area contributed by atoms with Crippen LogP contribution < -0.4 is 4.90 Å². The predicted molar refractivity (Wildman–Crippen MR) is 61.7 cm³/mol. The zero-order valence-corrected chi connectivity index (χ0v) is 10.3. The number of alkyl halides is 3. The highest BCUT2D eigenvalue weighted by atomic mass is 35.5. The van der Waals surface area contributed by atoms with E-state index in [0.29, 0.717) is 13.0 Å². The molecule has 1 unspecified atom stereocenters. The van der Waals surface area contributed by atoms with E-state index in [0.717, 1.165) is 12.3 Å². The van der Waals surface area contributed by atoms with E-state index in [1.165, 1.54) is 0 Å². The summed E-state index contributed by atoms with van der Waals surface area (Å²) in [6.07, 6.45) is -3.64. The molecule has 0 amide bonds. The van der Waals surface area contributed by atoms with Crippen molar-refractivity contribution in [2.24, 2.45) is 0 Å². The summed E-state index contributed by atoms with van der Waals surface area (Å²) < 4.78 is 37.4. The standard InChI is InChI=1S/C11H12ClF3N2O/c1-6-2-8(18)5-17(6)10-9(12)3-7(4-16-10)11(13,14)15/h3-4,6,8,18H,2,5H2,1H3/t6?,8-/m0/s1. The lowest BCUT2D eigenvalue weighted by molar-refractivity contribution is -0.137. The fourth-order valence-electron chi connectivity index (χ4n) is 2.09. The number of hydrogen-bond donors (Lipinski definition) is 1. The second kappa shape index (κ2) is 4.59. The van der Waals surface area contributed by atoms with Crippen molar-refractivity contribution < 1.29 is 18.3 Å². The van der Waals surface area contributed by atoms with E-state index < -0.39 is 17.8 Å². The van der Waals surface area contributed by atoms with Gasteiger partial charge in [0, 0.05) is 18.8 Å². The Kier molecular flexibility index (Phi) is 3.42. The minimum absolute atomic E-state index is 0.00161. The Morgan fingerprint density at radius 1 is 1.50 bits per heavy atom. The van der Waals surface area contributed by atoms with Crippen LogP contribution in [0.15, 0.2) is 12.3 Å². The highest BCUT2D eigenvalue weighted by Gasteiger charge is 2.34. The number of rotatable bonds is 1. The van der Waals surface area contributed by atoms with Gasteiger partial charge in [0.2, 0.25) is 0 Å². The molecule has 1 N–H and O–H groups in total. The lowest BCUT2D eigenvalue weighted by atomic mass is 10.2. The normalized spacial score (nSPS) is 24.7. The summed E-state index contributed by atoms with van der Waals surface area (Å²) in [5.41, 5.74) is -0.872. The topological polar surface area (TPSA) is 36.4 Å². The fourth-order valence-corrected chi connectivity index (χ4v) is 2.37. The molecule has 1 aromatic heterocycles. The van der Waals surface area contributed by atoms with Crippen molar-refractivity contribution in [3.05, 3.63) is 22.8 Å². The molecule has 100 valence electrons. The molecule has 18 heavy (non-hydrogen) atoms. The van der Waals surface area contributed by atoms with Crippen LogP contribution in [-0.4, -0.2) is 28.8 Å². The zero-order valence-electron chi connectivity index (χ0n) is 9.58. The van der Waals surface area contributed by atoms with E-state index in [1.807, 2.05) is 6.92 Å². The number of aromatic nitrogens is 1. The Morgan fingerprint density at radius 3 is 2.61 bits per heavy atom. The summed E-state index contributed by atoms with van der Waals surface area (Å²) in [6, 6.07) is 0.864. The number of nitrogens with zero attached hydrogens (tertiary/aromatic N) is 2. The lowest BCUT2D eigenvalue weighted by Crippen LogP contribution is -2.28. The molecule has 0 bridgehead atoms. The summed E-state index contributed by atoms with van der Waals surface area (Å²) >= 11 is 5.84. The maximum Gasteiger partial charge on any atom is 0.417 e. The number of halogens is 4. The molecule has 2 rings (SSSR count). The molecule has 0 spiro atoms. The molecule has 2 atom stereocenters. The summed E-state index contributed by atoms with van der Waals surface area (Å²) in [4.78, 5) is 5.49. The predicted octanol–water partition coefficient (Wildman–Crippen LogP) is 2.71. The molecule has 1 aliphatic rings. The van der Waals surface area contributed by atoms with E-state index in [9.17, 15) is 18.3 Å². The first kappa shape index (κ1) is 13.4. The molecular weight excluding hydrogens is 269 g/mol. The van der Waals surface area contributed by atoms with Crippen molar-refractivity contribution in [1.82, 2.24) is 4.98 Å². The number of aliphatic hydroxyl groups is 1. The van der Waals surface area contributed by atoms with E-state index >= 15 is 0 Å². The van der Waals surface area contributed by atoms with Gasteiger partial charge in [0.1, 0.15) is 5.82 Å². The van der Waals surface area contributed by atoms with Gasteiger partial charge in [-0.2, -0.15) is 13.2 Å². The largest absolute Gasteiger partial charge is 0.417 e. The van der Waals surface area contributed by atoms with E-state index in [2.05, 4.69) is 4.98 Å². The van der Waals surface area contributed by atoms with Crippen LogP contribution in [0.2, 0.25) is 5.02 Å². The molecular formula is C11H12ClF3N2O. The number of pyridine rings is 1. The summed E-state index contributed by atoms with van der Waals surface area (Å²) in [7, 11) is 0. The monoisotopic (exact) mass is 280 g/mol. The van der Waals surface area contributed by atoms with Crippen molar-refractivity contribution in [1.29, 1.82) is 0 Å². The highest BCUT2D eigenvalue weighted by molar-refractivity contribution is 6.33. The Balaban J connectivity index is 2.31. The van der Waals surface area contributed by atoms with Crippen LogP contribution >= 0.6 is 11.6 Å². The highest BCUT2D eigenvalue weighted by Crippen LogP contribution is 2.35. The fraction of sp³-hybridized carbons (Fsp3) is 0.545. The van der Waals surface area contributed by atoms with E-state index in [4.69, 9.17) is 11.6 Å². The molecule has 0 aliphatic carbocycles. The molecule has 7 heteroatoms. The number of anilines is 1. The van der Waals surface area contributed by atoms with Crippen LogP contribution in [-0.2, 0) is 6.18 Å². The van der Waals surface area contributed by atoms with Crippen molar-refractivity contribution in [3.8, 4) is 0 Å². The van der Waals surface area contributed by atoms with Crippen LogP contribution in [0.25, 0.3) is 0 Å². The van der Waals surface area contributed by atoms with Gasteiger partial charge >= 0.3 is 6.18 Å². The average Bonchev–Trinajstić information content (AvgIpc) is 2.56. The molecule has 1 aromatic rings. The molecule has 1 fully saturated rings. The summed E-state index contributed by atoms with van der Waals surface area (Å²) in [5.74, 6) is 0.286. The number of β-amino-alcohol motifs (C(OH)–C–C–N with tert-alkyl or cyclic N) is 1. The van der Waals surface area contributed by atoms with Crippen molar-refractivity contribution in [2.75, 3.05) is 11.4 Å². The molecule has 0 radical (unpaired) electrons. The van der Waals surface area contributed by atoms with Gasteiger partial charge in [0.15, 0.2) is 0 Å². The molecule has 0 saturated carbocycles. The molecule has 2 heterocycles.